The van der Waals surface area contributed by atoms with Crippen molar-refractivity contribution in [1.82, 2.24) is 5.32 Å². The number of hydrogen-bond donors (Lipinski definition) is 3. The van der Waals surface area contributed by atoms with Crippen molar-refractivity contribution in [3.63, 3.8) is 0 Å². The van der Waals surface area contributed by atoms with Crippen molar-refractivity contribution in [2.45, 2.75) is 125 Å². The summed E-state index contributed by atoms with van der Waals surface area (Å²) in [5, 5.41) is 24.5. The topological polar surface area (TPSA) is 95.9 Å². The number of esters is 1. The van der Waals surface area contributed by atoms with Gasteiger partial charge in [0.05, 0.1) is 17.6 Å². The van der Waals surface area contributed by atoms with Crippen LogP contribution in [0.4, 0.5) is 0 Å². The quantitative estimate of drug-likeness (QED) is 0.307. The second-order valence-corrected chi connectivity index (χ2v) is 15.8. The maximum atomic E-state index is 14.0. The van der Waals surface area contributed by atoms with E-state index in [0.29, 0.717) is 30.1 Å². The van der Waals surface area contributed by atoms with E-state index in [4.69, 9.17) is 4.74 Å². The molecule has 12 atom stereocenters. The summed E-state index contributed by atoms with van der Waals surface area (Å²) in [6, 6.07) is 0.0117. The maximum Gasteiger partial charge on any atom is 0.313 e. The molecule has 0 saturated heterocycles. The zero-order valence-corrected chi connectivity index (χ0v) is 26.3. The van der Waals surface area contributed by atoms with E-state index >= 15 is 0 Å². The molecule has 0 heterocycles. The molecule has 5 aliphatic rings. The van der Waals surface area contributed by atoms with Gasteiger partial charge in [-0.3, -0.25) is 9.59 Å². The Hall–Kier alpha value is -1.40. The Morgan fingerprint density at radius 1 is 1.02 bits per heavy atom. The van der Waals surface area contributed by atoms with Crippen molar-refractivity contribution in [3.05, 3.63) is 11.6 Å². The SMILES string of the molecule is CC(C)NC(=O)COC(=O)[C@]12CC[C@@H](C)[C@H](C)C1C1=CCC3[C@@]4(C)C[C@@H](O)[C@H](O)[C@H](C)C4CC[C@@]3(C)[C@]1(C)CC2. The van der Waals surface area contributed by atoms with Crippen LogP contribution in [-0.2, 0) is 14.3 Å². The first-order valence-corrected chi connectivity index (χ1v) is 16.2. The van der Waals surface area contributed by atoms with Gasteiger partial charge in [-0.2, -0.15) is 0 Å². The first-order chi connectivity index (χ1) is 18.6. The number of aliphatic hydroxyl groups excluding tert-OH is 2. The molecule has 0 aromatic rings. The molecule has 226 valence electrons. The smallest absolute Gasteiger partial charge is 0.313 e. The molecule has 4 fully saturated rings. The van der Waals surface area contributed by atoms with Crippen LogP contribution in [0, 0.1) is 57.2 Å². The predicted molar refractivity (Wildman–Crippen MR) is 156 cm³/mol. The number of hydrogen-bond acceptors (Lipinski definition) is 5. The minimum Gasteiger partial charge on any atom is -0.455 e. The number of aliphatic hydroxyl groups is 2. The van der Waals surface area contributed by atoms with Crippen molar-refractivity contribution < 1.29 is 24.5 Å². The van der Waals surface area contributed by atoms with Gasteiger partial charge in [0.25, 0.3) is 5.91 Å². The molecular formula is C34H55NO5. The molecule has 5 rings (SSSR count). The second-order valence-electron chi connectivity index (χ2n) is 15.8. The van der Waals surface area contributed by atoms with Gasteiger partial charge in [-0.15, -0.1) is 0 Å². The highest BCUT2D eigenvalue weighted by Crippen LogP contribution is 2.75. The fraction of sp³-hybridized carbons (Fsp3) is 0.882. The highest BCUT2D eigenvalue weighted by atomic mass is 16.5. The zero-order valence-electron chi connectivity index (χ0n) is 26.3. The Bertz CT molecular complexity index is 1050. The van der Waals surface area contributed by atoms with Gasteiger partial charge in [-0.1, -0.05) is 53.2 Å². The van der Waals surface area contributed by atoms with Crippen molar-refractivity contribution in [2.75, 3.05) is 6.61 Å². The van der Waals surface area contributed by atoms with E-state index in [-0.39, 0.29) is 52.6 Å². The lowest BCUT2D eigenvalue weighted by Gasteiger charge is -2.70. The number of ether oxygens (including phenoxy) is 1. The molecule has 1 amide bonds. The Morgan fingerprint density at radius 2 is 1.73 bits per heavy atom. The zero-order chi connectivity index (χ0) is 29.4. The van der Waals surface area contributed by atoms with Crippen LogP contribution in [0.3, 0.4) is 0 Å². The molecule has 3 unspecified atom stereocenters. The summed E-state index contributed by atoms with van der Waals surface area (Å²) in [6.45, 7) is 17.8. The third-order valence-electron chi connectivity index (χ3n) is 13.7. The molecule has 40 heavy (non-hydrogen) atoms. The van der Waals surface area contributed by atoms with Gasteiger partial charge in [0, 0.05) is 6.04 Å². The fourth-order valence-electron chi connectivity index (χ4n) is 11.2. The van der Waals surface area contributed by atoms with E-state index in [0.717, 1.165) is 44.9 Å². The number of fused-ring (bicyclic) bond motifs is 7. The van der Waals surface area contributed by atoms with Gasteiger partial charge in [-0.25, -0.2) is 0 Å². The van der Waals surface area contributed by atoms with Gasteiger partial charge in [0.2, 0.25) is 0 Å². The maximum absolute atomic E-state index is 14.0. The lowest BCUT2D eigenvalue weighted by Crippen LogP contribution is -2.65. The highest BCUT2D eigenvalue weighted by molar-refractivity contribution is 5.83. The summed E-state index contributed by atoms with van der Waals surface area (Å²) in [5.41, 5.74) is 0.880. The predicted octanol–water partition coefficient (Wildman–Crippen LogP) is 5.65. The summed E-state index contributed by atoms with van der Waals surface area (Å²) >= 11 is 0. The van der Waals surface area contributed by atoms with Gasteiger partial charge >= 0.3 is 5.97 Å². The minimum atomic E-state index is -0.669. The Morgan fingerprint density at radius 3 is 2.40 bits per heavy atom. The molecule has 4 saturated carbocycles. The van der Waals surface area contributed by atoms with Gasteiger partial charge in [-0.05, 0) is 117 Å². The molecule has 6 heteroatoms. The normalized spacial score (nSPS) is 50.0. The third kappa shape index (κ3) is 4.16. The number of rotatable bonds is 4. The Balaban J connectivity index is 1.51. The molecule has 0 radical (unpaired) electrons. The molecule has 6 nitrogen and oxygen atoms in total. The van der Waals surface area contributed by atoms with Crippen LogP contribution < -0.4 is 5.32 Å². The number of allylic oxidation sites excluding steroid dienone is 2. The van der Waals surface area contributed by atoms with Crippen LogP contribution in [0.15, 0.2) is 11.6 Å². The largest absolute Gasteiger partial charge is 0.455 e. The van der Waals surface area contributed by atoms with E-state index in [2.05, 4.69) is 52.9 Å². The monoisotopic (exact) mass is 557 g/mol. The number of carbonyl (C=O) groups is 2. The standard InChI is InChI=1S/C34H55NO5/c1-19(2)35-27(37)18-40-30(39)34-14-11-20(3)21(4)28(34)24-9-10-26-31(6)17-25(36)29(38)22(5)23(31)12-13-33(26,8)32(24,7)15-16-34/h9,19-23,25-26,28-29,36,38H,10-18H2,1-8H3,(H,35,37)/t20-,21+,22-,23?,25-,26?,28?,29-,31+,32-,33-,34+/m1/s1. The van der Waals surface area contributed by atoms with Gasteiger partial charge in [0.1, 0.15) is 0 Å². The van der Waals surface area contributed by atoms with E-state index in [1.165, 1.54) is 5.57 Å². The van der Waals surface area contributed by atoms with Crippen LogP contribution in [0.25, 0.3) is 0 Å². The third-order valence-corrected chi connectivity index (χ3v) is 13.7. The average molecular weight is 558 g/mol. The van der Waals surface area contributed by atoms with Gasteiger partial charge < -0.3 is 20.3 Å². The summed E-state index contributed by atoms with van der Waals surface area (Å²) in [4.78, 5) is 26.4. The lowest BCUT2D eigenvalue weighted by atomic mass is 9.34. The fourth-order valence-corrected chi connectivity index (χ4v) is 11.2. The lowest BCUT2D eigenvalue weighted by molar-refractivity contribution is -0.209. The Kier molecular flexibility index (Phi) is 7.60. The average Bonchev–Trinajstić information content (AvgIpc) is 2.88. The summed E-state index contributed by atoms with van der Waals surface area (Å²) in [5.74, 6) is 1.51. The first-order valence-electron chi connectivity index (χ1n) is 16.2. The molecule has 5 aliphatic carbocycles. The molecule has 3 N–H and O–H groups in total. The van der Waals surface area contributed by atoms with Gasteiger partial charge in [0.15, 0.2) is 6.61 Å². The first kappa shape index (κ1) is 30.1. The van der Waals surface area contributed by atoms with Crippen molar-refractivity contribution in [2.24, 2.45) is 57.2 Å². The van der Waals surface area contributed by atoms with Crippen molar-refractivity contribution in [1.29, 1.82) is 0 Å². The molecule has 0 aromatic heterocycles. The molecular weight excluding hydrogens is 502 g/mol. The number of amides is 1. The number of carbonyl (C=O) groups excluding carboxylic acids is 2. The molecule has 0 spiro atoms. The summed E-state index contributed by atoms with van der Waals surface area (Å²) < 4.78 is 5.82. The van der Waals surface area contributed by atoms with Crippen molar-refractivity contribution in [3.8, 4) is 0 Å². The van der Waals surface area contributed by atoms with Crippen molar-refractivity contribution >= 4 is 11.9 Å². The van der Waals surface area contributed by atoms with E-state index < -0.39 is 17.6 Å². The minimum absolute atomic E-state index is 0.0117. The summed E-state index contributed by atoms with van der Waals surface area (Å²) in [6.07, 6.45) is 8.58. The molecule has 0 aromatic carbocycles. The highest BCUT2D eigenvalue weighted by Gasteiger charge is 2.69. The van der Waals surface area contributed by atoms with E-state index in [9.17, 15) is 19.8 Å². The van der Waals surface area contributed by atoms with E-state index in [1.54, 1.807) is 0 Å². The molecule has 0 bridgehead atoms. The van der Waals surface area contributed by atoms with Crippen LogP contribution in [0.5, 0.6) is 0 Å². The molecule has 0 aliphatic heterocycles. The second kappa shape index (κ2) is 10.1. The van der Waals surface area contributed by atoms with E-state index in [1.807, 2.05) is 13.8 Å². The summed E-state index contributed by atoms with van der Waals surface area (Å²) in [7, 11) is 0. The van der Waals surface area contributed by atoms with Crippen LogP contribution in [-0.4, -0.2) is 46.9 Å². The Labute approximate surface area is 242 Å². The van der Waals surface area contributed by atoms with Crippen LogP contribution in [0.2, 0.25) is 0 Å². The van der Waals surface area contributed by atoms with Crippen LogP contribution >= 0.6 is 0 Å². The van der Waals surface area contributed by atoms with Crippen LogP contribution in [0.1, 0.15) is 107 Å². The number of nitrogens with one attached hydrogen (secondary N) is 1.